The van der Waals surface area contributed by atoms with E-state index in [-0.39, 0.29) is 19.2 Å². The number of rotatable bonds is 25. The lowest BCUT2D eigenvalue weighted by atomic mass is 10.1. The summed E-state index contributed by atoms with van der Waals surface area (Å²) in [5.41, 5.74) is 0. The molecule has 1 N–H and O–H groups in total. The molecule has 0 saturated heterocycles. The van der Waals surface area contributed by atoms with Crippen molar-refractivity contribution in [3.63, 3.8) is 0 Å². The van der Waals surface area contributed by atoms with Gasteiger partial charge in [0.25, 0.3) is 0 Å². The molecule has 4 nitrogen and oxygen atoms in total. The Morgan fingerprint density at radius 1 is 0.694 bits per heavy atom. The number of allylic oxidation sites excluding steroid dienone is 10. The van der Waals surface area contributed by atoms with E-state index in [0.717, 1.165) is 64.2 Å². The lowest BCUT2D eigenvalue weighted by Gasteiger charge is -2.15. The first-order chi connectivity index (χ1) is 17.7. The van der Waals surface area contributed by atoms with Crippen LogP contribution in [0.15, 0.2) is 60.8 Å². The van der Waals surface area contributed by atoms with Crippen molar-refractivity contribution in [2.75, 3.05) is 19.8 Å². The number of unbranched alkanes of at least 4 members (excludes halogenated alkanes) is 7. The van der Waals surface area contributed by atoms with Crippen LogP contribution in [0.2, 0.25) is 0 Å². The molecular formula is C32H54O4. The van der Waals surface area contributed by atoms with E-state index < -0.39 is 6.10 Å². The number of carbonyl (C=O) groups excluding carboxylic acids is 1. The molecule has 0 aliphatic carbocycles. The summed E-state index contributed by atoms with van der Waals surface area (Å²) >= 11 is 0. The molecule has 0 aromatic heterocycles. The minimum absolute atomic E-state index is 0.200. The lowest BCUT2D eigenvalue weighted by Crippen LogP contribution is -2.27. The molecule has 0 heterocycles. The van der Waals surface area contributed by atoms with Gasteiger partial charge in [0, 0.05) is 13.0 Å². The molecule has 1 unspecified atom stereocenters. The minimum Gasteiger partial charge on any atom is -0.457 e. The molecule has 0 amide bonds. The number of aliphatic hydroxyl groups is 1. The van der Waals surface area contributed by atoms with Crippen LogP contribution in [0.4, 0.5) is 0 Å². The van der Waals surface area contributed by atoms with Crippen molar-refractivity contribution in [2.45, 2.75) is 116 Å². The van der Waals surface area contributed by atoms with E-state index in [1.807, 2.05) is 0 Å². The van der Waals surface area contributed by atoms with Crippen molar-refractivity contribution >= 4 is 5.97 Å². The molecule has 0 rings (SSSR count). The highest BCUT2D eigenvalue weighted by atomic mass is 16.6. The molecule has 36 heavy (non-hydrogen) atoms. The van der Waals surface area contributed by atoms with Crippen LogP contribution < -0.4 is 0 Å². The summed E-state index contributed by atoms with van der Waals surface area (Å²) in [6.45, 7) is 4.99. The number of ether oxygens (including phenoxy) is 2. The predicted octanol–water partition coefficient (Wildman–Crippen LogP) is 8.58. The van der Waals surface area contributed by atoms with Crippen molar-refractivity contribution in [3.05, 3.63) is 60.8 Å². The highest BCUT2D eigenvalue weighted by Gasteiger charge is 2.13. The molecule has 0 aromatic carbocycles. The molecule has 4 heteroatoms. The van der Waals surface area contributed by atoms with Crippen molar-refractivity contribution in [1.82, 2.24) is 0 Å². The summed E-state index contributed by atoms with van der Waals surface area (Å²) in [7, 11) is 0. The highest BCUT2D eigenvalue weighted by Crippen LogP contribution is 2.09. The van der Waals surface area contributed by atoms with E-state index in [9.17, 15) is 9.90 Å². The second-order valence-electron chi connectivity index (χ2n) is 9.08. The van der Waals surface area contributed by atoms with Gasteiger partial charge in [-0.1, -0.05) is 100 Å². The molecule has 0 aliphatic heterocycles. The van der Waals surface area contributed by atoms with Crippen molar-refractivity contribution in [1.29, 1.82) is 0 Å². The first kappa shape index (κ1) is 34.1. The Labute approximate surface area is 222 Å². The summed E-state index contributed by atoms with van der Waals surface area (Å²) in [5, 5.41) is 9.46. The molecule has 0 fully saturated rings. The monoisotopic (exact) mass is 502 g/mol. The van der Waals surface area contributed by atoms with Gasteiger partial charge in [-0.3, -0.25) is 4.79 Å². The second-order valence-corrected chi connectivity index (χ2v) is 9.08. The smallest absolute Gasteiger partial charge is 0.306 e. The van der Waals surface area contributed by atoms with Crippen LogP contribution in [-0.2, 0) is 14.3 Å². The Bertz CT molecular complexity index is 616. The summed E-state index contributed by atoms with van der Waals surface area (Å²) in [4.78, 5) is 12.0. The molecule has 0 aromatic rings. The average Bonchev–Trinajstić information content (AvgIpc) is 2.88. The summed E-state index contributed by atoms with van der Waals surface area (Å²) in [6, 6.07) is 0. The number of aliphatic hydroxyl groups excluding tert-OH is 1. The predicted molar refractivity (Wildman–Crippen MR) is 154 cm³/mol. The molecule has 0 radical (unpaired) electrons. The third kappa shape index (κ3) is 26.7. The number of carbonyl (C=O) groups is 1. The second kappa shape index (κ2) is 29.3. The Hall–Kier alpha value is -1.91. The molecule has 206 valence electrons. The van der Waals surface area contributed by atoms with Crippen LogP contribution in [0.1, 0.15) is 110 Å². The third-order valence-electron chi connectivity index (χ3n) is 5.56. The van der Waals surface area contributed by atoms with Gasteiger partial charge in [-0.25, -0.2) is 0 Å². The van der Waals surface area contributed by atoms with Gasteiger partial charge in [-0.15, -0.1) is 0 Å². The van der Waals surface area contributed by atoms with Crippen LogP contribution in [-0.4, -0.2) is 37.0 Å². The van der Waals surface area contributed by atoms with E-state index in [2.05, 4.69) is 74.6 Å². The van der Waals surface area contributed by atoms with E-state index in [0.29, 0.717) is 13.0 Å². The number of hydrogen-bond acceptors (Lipinski definition) is 4. The van der Waals surface area contributed by atoms with Gasteiger partial charge in [0.2, 0.25) is 0 Å². The molecule has 0 spiro atoms. The lowest BCUT2D eigenvalue weighted by molar-refractivity contribution is -0.154. The van der Waals surface area contributed by atoms with Gasteiger partial charge < -0.3 is 14.6 Å². The first-order valence-corrected chi connectivity index (χ1v) is 14.4. The van der Waals surface area contributed by atoms with E-state index >= 15 is 0 Å². The maximum atomic E-state index is 12.0. The van der Waals surface area contributed by atoms with Gasteiger partial charge in [0.1, 0.15) is 6.10 Å². The fourth-order valence-electron chi connectivity index (χ4n) is 3.45. The summed E-state index contributed by atoms with van der Waals surface area (Å²) in [5.74, 6) is -0.236. The summed E-state index contributed by atoms with van der Waals surface area (Å²) < 4.78 is 11.0. The molecule has 0 bridgehead atoms. The van der Waals surface area contributed by atoms with Crippen LogP contribution in [0.5, 0.6) is 0 Å². The van der Waals surface area contributed by atoms with Gasteiger partial charge in [0.15, 0.2) is 0 Å². The minimum atomic E-state index is -0.565. The quantitative estimate of drug-likeness (QED) is 0.0771. The largest absolute Gasteiger partial charge is 0.457 e. The number of esters is 1. The van der Waals surface area contributed by atoms with Crippen LogP contribution >= 0.6 is 0 Å². The standard InChI is InChI=1S/C32H54O4/c1-3-5-7-9-11-13-15-16-17-18-20-22-24-26-28-35-30-31(29-33)36-32(34)27-25-23-21-19-14-12-10-8-6-4-2/h5,7-8,10-11,13,16-17,20,22,31,33H,3-4,6,9,12,14-15,18-19,21,23-30H2,1-2H3/b7-5-,10-8-,13-11-,17-16-,22-20-. The molecule has 0 saturated carbocycles. The SMILES string of the molecule is CC/C=C\C/C=C\C/C=C\C/C=C\CCCOCC(CO)OC(=O)CCCCCCC/C=C\CCC. The van der Waals surface area contributed by atoms with Crippen LogP contribution in [0.25, 0.3) is 0 Å². The molecule has 1 atom stereocenters. The number of hydrogen-bond donors (Lipinski definition) is 1. The first-order valence-electron chi connectivity index (χ1n) is 14.4. The summed E-state index contributed by atoms with van der Waals surface area (Å²) in [6.07, 6.45) is 36.8. The zero-order chi connectivity index (χ0) is 26.4. The van der Waals surface area contributed by atoms with Gasteiger partial charge in [0.05, 0.1) is 13.2 Å². The zero-order valence-corrected chi connectivity index (χ0v) is 23.3. The van der Waals surface area contributed by atoms with Crippen LogP contribution in [0.3, 0.4) is 0 Å². The Kier molecular flexibility index (Phi) is 27.8. The highest BCUT2D eigenvalue weighted by molar-refractivity contribution is 5.69. The maximum Gasteiger partial charge on any atom is 0.306 e. The topological polar surface area (TPSA) is 55.8 Å². The maximum absolute atomic E-state index is 12.0. The van der Waals surface area contributed by atoms with Crippen molar-refractivity contribution in [3.8, 4) is 0 Å². The van der Waals surface area contributed by atoms with Crippen molar-refractivity contribution in [2.24, 2.45) is 0 Å². The Morgan fingerprint density at radius 3 is 1.92 bits per heavy atom. The fourth-order valence-corrected chi connectivity index (χ4v) is 3.45. The molecule has 0 aliphatic rings. The Morgan fingerprint density at radius 2 is 1.25 bits per heavy atom. The van der Waals surface area contributed by atoms with Gasteiger partial charge in [-0.05, 0) is 64.2 Å². The van der Waals surface area contributed by atoms with Crippen molar-refractivity contribution < 1.29 is 19.4 Å². The van der Waals surface area contributed by atoms with E-state index in [1.165, 1.54) is 25.7 Å². The van der Waals surface area contributed by atoms with E-state index in [4.69, 9.17) is 9.47 Å². The van der Waals surface area contributed by atoms with E-state index in [1.54, 1.807) is 0 Å². The Balaban J connectivity index is 3.62. The normalized spacial score (nSPS) is 13.3. The van der Waals surface area contributed by atoms with Gasteiger partial charge >= 0.3 is 5.97 Å². The average molecular weight is 503 g/mol. The van der Waals surface area contributed by atoms with Crippen LogP contribution in [0, 0.1) is 0 Å². The van der Waals surface area contributed by atoms with Gasteiger partial charge in [-0.2, -0.15) is 0 Å². The zero-order valence-electron chi connectivity index (χ0n) is 23.3. The third-order valence-corrected chi connectivity index (χ3v) is 5.56. The fraction of sp³-hybridized carbons (Fsp3) is 0.656. The molecular weight excluding hydrogens is 448 g/mol.